The lowest BCUT2D eigenvalue weighted by Gasteiger charge is -2.28. The normalized spacial score (nSPS) is 16.9. The van der Waals surface area contributed by atoms with Crippen molar-refractivity contribution in [2.45, 2.75) is 33.7 Å². The number of benzene rings is 2. The lowest BCUT2D eigenvalue weighted by molar-refractivity contribution is -0.140. The Kier molecular flexibility index (Phi) is 9.90. The van der Waals surface area contributed by atoms with E-state index in [1.807, 2.05) is 13.8 Å². The van der Waals surface area contributed by atoms with Crippen LogP contribution in [0, 0.1) is 5.92 Å². The summed E-state index contributed by atoms with van der Waals surface area (Å²) in [5.74, 6) is -0.802. The van der Waals surface area contributed by atoms with E-state index in [0.29, 0.717) is 48.2 Å². The smallest absolute Gasteiger partial charge is 0.295 e. The second-order valence-corrected chi connectivity index (χ2v) is 9.57. The zero-order chi connectivity index (χ0) is 27.8. The number of carbonyl (C=O) groups is 3. The van der Waals surface area contributed by atoms with Gasteiger partial charge in [0.1, 0.15) is 17.3 Å². The molecule has 1 aliphatic rings. The van der Waals surface area contributed by atoms with Crippen molar-refractivity contribution in [2.75, 3.05) is 39.4 Å². The van der Waals surface area contributed by atoms with Gasteiger partial charge in [-0.25, -0.2) is 0 Å². The van der Waals surface area contributed by atoms with Gasteiger partial charge in [0, 0.05) is 18.7 Å². The molecule has 0 bridgehead atoms. The monoisotopic (exact) mass is 523 g/mol. The van der Waals surface area contributed by atoms with Crippen LogP contribution in [0.4, 0.5) is 0 Å². The summed E-state index contributed by atoms with van der Waals surface area (Å²) in [6, 6.07) is 12.7. The summed E-state index contributed by atoms with van der Waals surface area (Å²) in [6.45, 7) is 11.0. The Morgan fingerprint density at radius 3 is 2.13 bits per heavy atom. The number of aliphatic hydroxyl groups excluding tert-OH is 1. The number of aliphatic hydroxyl groups is 1. The Morgan fingerprint density at radius 2 is 1.58 bits per heavy atom. The largest absolute Gasteiger partial charge is 0.507 e. The molecule has 2 aromatic carbocycles. The SMILES string of the molecule is CCN(CC)CCN1C(=O)C(=O)/C(=C(/O)c2ccc(OCC(C)C)cc2)C1c1ccc(OCC(N)=O)cc1. The maximum atomic E-state index is 13.3. The maximum absolute atomic E-state index is 13.3. The molecule has 3 rings (SSSR count). The number of ketones is 1. The summed E-state index contributed by atoms with van der Waals surface area (Å²) in [6.07, 6.45) is 0. The van der Waals surface area contributed by atoms with E-state index < -0.39 is 23.6 Å². The summed E-state index contributed by atoms with van der Waals surface area (Å²) in [7, 11) is 0. The van der Waals surface area contributed by atoms with Crippen molar-refractivity contribution >= 4 is 23.4 Å². The Balaban J connectivity index is 1.99. The van der Waals surface area contributed by atoms with Crippen molar-refractivity contribution in [3.05, 3.63) is 65.2 Å². The molecule has 1 heterocycles. The molecule has 9 heteroatoms. The van der Waals surface area contributed by atoms with Crippen molar-refractivity contribution in [1.82, 2.24) is 9.80 Å². The fourth-order valence-corrected chi connectivity index (χ4v) is 4.27. The van der Waals surface area contributed by atoms with Gasteiger partial charge in [0.15, 0.2) is 6.61 Å². The van der Waals surface area contributed by atoms with E-state index in [1.54, 1.807) is 48.5 Å². The molecular formula is C29H37N3O6. The first-order chi connectivity index (χ1) is 18.2. The zero-order valence-electron chi connectivity index (χ0n) is 22.5. The van der Waals surface area contributed by atoms with Gasteiger partial charge in [-0.3, -0.25) is 14.4 Å². The van der Waals surface area contributed by atoms with Gasteiger partial charge in [-0.05, 0) is 61.0 Å². The van der Waals surface area contributed by atoms with Crippen molar-refractivity contribution in [2.24, 2.45) is 11.7 Å². The number of ether oxygens (including phenoxy) is 2. The number of likely N-dealkylation sites (N-methyl/N-ethyl adjacent to an activating group) is 1. The van der Waals surface area contributed by atoms with Crippen LogP contribution in [-0.2, 0) is 14.4 Å². The molecule has 2 amide bonds. The Labute approximate surface area is 223 Å². The number of nitrogens with two attached hydrogens (primary N) is 1. The van der Waals surface area contributed by atoms with Gasteiger partial charge >= 0.3 is 0 Å². The quantitative estimate of drug-likeness (QED) is 0.235. The zero-order valence-corrected chi connectivity index (χ0v) is 22.5. The molecular weight excluding hydrogens is 486 g/mol. The topological polar surface area (TPSA) is 122 Å². The first kappa shape index (κ1) is 28.7. The van der Waals surface area contributed by atoms with E-state index in [1.165, 1.54) is 4.90 Å². The van der Waals surface area contributed by atoms with Crippen LogP contribution >= 0.6 is 0 Å². The standard InChI is InChI=1S/C29H37N3O6/c1-5-31(6-2)15-16-32-26(20-7-11-23(12-8-20)38-18-24(30)33)25(28(35)29(32)36)27(34)21-9-13-22(14-10-21)37-17-19(3)4/h7-14,19,26,34H,5-6,15-18H2,1-4H3,(H2,30,33)/b27-25+. The highest BCUT2D eigenvalue weighted by atomic mass is 16.5. The molecule has 1 atom stereocenters. The number of carbonyl (C=O) groups excluding carboxylic acids is 3. The minimum atomic E-state index is -0.785. The predicted molar refractivity (Wildman–Crippen MR) is 145 cm³/mol. The number of amides is 2. The molecule has 3 N–H and O–H groups in total. The number of primary amides is 1. The van der Waals surface area contributed by atoms with Crippen LogP contribution in [0.2, 0.25) is 0 Å². The van der Waals surface area contributed by atoms with Crippen LogP contribution in [-0.4, -0.2) is 71.9 Å². The molecule has 1 fully saturated rings. The third kappa shape index (κ3) is 6.92. The lowest BCUT2D eigenvalue weighted by Crippen LogP contribution is -2.38. The molecule has 0 radical (unpaired) electrons. The molecule has 2 aromatic rings. The highest BCUT2D eigenvalue weighted by molar-refractivity contribution is 6.46. The van der Waals surface area contributed by atoms with Gasteiger partial charge in [0.05, 0.1) is 18.2 Å². The molecule has 0 spiro atoms. The van der Waals surface area contributed by atoms with Gasteiger partial charge in [0.25, 0.3) is 17.6 Å². The molecule has 1 unspecified atom stereocenters. The molecule has 38 heavy (non-hydrogen) atoms. The number of hydrogen-bond acceptors (Lipinski definition) is 7. The second-order valence-electron chi connectivity index (χ2n) is 9.57. The van der Waals surface area contributed by atoms with Crippen molar-refractivity contribution in [3.63, 3.8) is 0 Å². The molecule has 0 aliphatic carbocycles. The maximum Gasteiger partial charge on any atom is 0.295 e. The number of likely N-dealkylation sites (tertiary alicyclic amines) is 1. The second kappa shape index (κ2) is 13.1. The van der Waals surface area contributed by atoms with Gasteiger partial charge in [0.2, 0.25) is 0 Å². The summed E-state index contributed by atoms with van der Waals surface area (Å²) in [4.78, 5) is 41.2. The Morgan fingerprint density at radius 1 is 1.00 bits per heavy atom. The first-order valence-corrected chi connectivity index (χ1v) is 12.9. The third-order valence-electron chi connectivity index (χ3n) is 6.38. The molecule has 9 nitrogen and oxygen atoms in total. The van der Waals surface area contributed by atoms with Gasteiger partial charge in [-0.15, -0.1) is 0 Å². The predicted octanol–water partition coefficient (Wildman–Crippen LogP) is 3.35. The first-order valence-electron chi connectivity index (χ1n) is 12.9. The van der Waals surface area contributed by atoms with Crippen LogP contribution in [0.15, 0.2) is 54.1 Å². The number of rotatable bonds is 13. The van der Waals surface area contributed by atoms with E-state index in [9.17, 15) is 19.5 Å². The van der Waals surface area contributed by atoms with Crippen LogP contribution < -0.4 is 15.2 Å². The molecule has 0 aromatic heterocycles. The molecule has 1 aliphatic heterocycles. The van der Waals surface area contributed by atoms with Crippen LogP contribution in [0.5, 0.6) is 11.5 Å². The summed E-state index contributed by atoms with van der Waals surface area (Å²) >= 11 is 0. The minimum Gasteiger partial charge on any atom is -0.507 e. The van der Waals surface area contributed by atoms with Crippen LogP contribution in [0.3, 0.4) is 0 Å². The average molecular weight is 524 g/mol. The highest BCUT2D eigenvalue weighted by Crippen LogP contribution is 2.40. The van der Waals surface area contributed by atoms with Gasteiger partial charge in [-0.1, -0.05) is 39.8 Å². The summed E-state index contributed by atoms with van der Waals surface area (Å²) in [5, 5.41) is 11.3. The fourth-order valence-electron chi connectivity index (χ4n) is 4.27. The Hall–Kier alpha value is -3.85. The van der Waals surface area contributed by atoms with Gasteiger partial charge < -0.3 is 30.1 Å². The van der Waals surface area contributed by atoms with E-state index in [0.717, 1.165) is 13.1 Å². The third-order valence-corrected chi connectivity index (χ3v) is 6.38. The molecule has 1 saturated heterocycles. The number of nitrogens with zero attached hydrogens (tertiary/aromatic N) is 2. The van der Waals surface area contributed by atoms with E-state index >= 15 is 0 Å². The highest BCUT2D eigenvalue weighted by Gasteiger charge is 2.46. The minimum absolute atomic E-state index is 0.0243. The van der Waals surface area contributed by atoms with Crippen LogP contribution in [0.25, 0.3) is 5.76 Å². The molecule has 0 saturated carbocycles. The van der Waals surface area contributed by atoms with E-state index in [4.69, 9.17) is 15.2 Å². The Bertz CT molecular complexity index is 1150. The summed E-state index contributed by atoms with van der Waals surface area (Å²) in [5.41, 5.74) is 6.22. The van der Waals surface area contributed by atoms with E-state index in [2.05, 4.69) is 18.7 Å². The van der Waals surface area contributed by atoms with Crippen molar-refractivity contribution in [1.29, 1.82) is 0 Å². The van der Waals surface area contributed by atoms with E-state index in [-0.39, 0.29) is 17.9 Å². The van der Waals surface area contributed by atoms with Crippen molar-refractivity contribution in [3.8, 4) is 11.5 Å². The summed E-state index contributed by atoms with van der Waals surface area (Å²) < 4.78 is 11.1. The average Bonchev–Trinajstić information content (AvgIpc) is 3.16. The number of Topliss-reactive ketones (excluding diaryl/α,β-unsaturated/α-hetero) is 1. The molecule has 204 valence electrons. The van der Waals surface area contributed by atoms with Crippen LogP contribution in [0.1, 0.15) is 44.9 Å². The fraction of sp³-hybridized carbons (Fsp3) is 0.414. The van der Waals surface area contributed by atoms with Gasteiger partial charge in [-0.2, -0.15) is 0 Å². The lowest BCUT2D eigenvalue weighted by atomic mass is 9.95. The van der Waals surface area contributed by atoms with Crippen molar-refractivity contribution < 1.29 is 29.0 Å². The number of hydrogen-bond donors (Lipinski definition) is 2.